The third-order valence-corrected chi connectivity index (χ3v) is 18.7. The topological polar surface area (TPSA) is 75.2 Å². The number of nitriles is 1. The molecule has 358 valence electrons. The molecule has 1 N–H and O–H groups in total. The zero-order valence-electron chi connectivity index (χ0n) is 41.1. The number of hydrogen-bond donors (Lipinski definition) is 1. The van der Waals surface area contributed by atoms with Crippen LogP contribution in [0.5, 0.6) is 5.75 Å². The van der Waals surface area contributed by atoms with E-state index in [9.17, 15) is 15.2 Å². The quantitative estimate of drug-likeness (QED) is 0.0219. The number of aliphatic carboxylic acids is 1. The van der Waals surface area contributed by atoms with Crippen LogP contribution in [0.2, 0.25) is 0 Å². The van der Waals surface area contributed by atoms with Crippen LogP contribution in [0.3, 0.4) is 0 Å². The third-order valence-electron chi connectivity index (χ3n) is 13.3. The number of carbonyl (C=O) groups is 1. The van der Waals surface area contributed by atoms with Crippen molar-refractivity contribution in [2.45, 2.75) is 163 Å². The zero-order valence-corrected chi connectivity index (χ0v) is 44.4. The van der Waals surface area contributed by atoms with Gasteiger partial charge in [0.25, 0.3) is 0 Å². The van der Waals surface area contributed by atoms with E-state index >= 15 is 0 Å². The second-order valence-electron chi connectivity index (χ2n) is 18.5. The van der Waals surface area contributed by atoms with Gasteiger partial charge >= 0.3 is 329 Å². The monoisotopic (exact) mass is 1010 g/mol. The first-order chi connectivity index (χ1) is 33.3. The fourth-order valence-electron chi connectivity index (χ4n) is 9.40. The molecule has 7 rings (SSSR count). The molecule has 3 aromatic carbocycles. The molecule has 0 aliphatic carbocycles. The number of aromatic nitrogens is 1. The zero-order chi connectivity index (χ0) is 47.7. The van der Waals surface area contributed by atoms with Gasteiger partial charge in [-0.05, 0) is 18.6 Å². The molecule has 68 heavy (non-hydrogen) atoms. The van der Waals surface area contributed by atoms with Gasteiger partial charge in [0.2, 0.25) is 0 Å². The summed E-state index contributed by atoms with van der Waals surface area (Å²) in [5.41, 5.74) is 8.77. The summed E-state index contributed by atoms with van der Waals surface area (Å²) in [4.78, 5) is 16.7. The summed E-state index contributed by atoms with van der Waals surface area (Å²) in [6.07, 6.45) is 25.5. The summed E-state index contributed by atoms with van der Waals surface area (Å²) >= 11 is 3.69. The molecule has 0 bridgehead atoms. The summed E-state index contributed by atoms with van der Waals surface area (Å²) in [7, 11) is 0. The standard InChI is InChI=1S/C60H72N2O3S2Se/c1-5-9-13-17-18-21-35-62-52-31-27-44(43-25-29-49(30-26-43)65-36-22-16-12-8-4)37-50(52)51-38-47(28-32-53(51)62)59-46(24-20-15-11-7-3)40-56(67-59)58-34-33-57(68-58)55-39-45(23-19-14-10-6-2)54(66-55)41-48(42-61)60(63)64/h25-34,37-41H,5-24,35-36H2,1-4H3,(H,63,64)/b48-41+. The van der Waals surface area contributed by atoms with E-state index in [0.717, 1.165) is 61.4 Å². The van der Waals surface area contributed by atoms with Crippen molar-refractivity contribution < 1.29 is 14.6 Å². The van der Waals surface area contributed by atoms with Crippen LogP contribution in [0.15, 0.2) is 90.5 Å². The maximum absolute atomic E-state index is 11.9. The summed E-state index contributed by atoms with van der Waals surface area (Å²) in [6.45, 7) is 10.8. The Labute approximate surface area is 420 Å². The van der Waals surface area contributed by atoms with Crippen LogP contribution in [0, 0.1) is 11.3 Å². The Hall–Kier alpha value is -4.64. The Morgan fingerprint density at radius 2 is 1.15 bits per heavy atom. The Bertz CT molecular complexity index is 2780. The number of thiophene rings is 2. The minimum absolute atomic E-state index is 0.0983. The number of carboxylic acids is 1. The van der Waals surface area contributed by atoms with Gasteiger partial charge in [-0.25, -0.2) is 0 Å². The first-order valence-corrected chi connectivity index (χ1v) is 29.2. The van der Waals surface area contributed by atoms with Crippen molar-refractivity contribution in [3.05, 3.63) is 107 Å². The molecule has 0 saturated heterocycles. The normalized spacial score (nSPS) is 11.8. The summed E-state index contributed by atoms with van der Waals surface area (Å²) in [5.74, 6) is -0.230. The number of aryl methyl sites for hydroxylation is 3. The molecule has 0 unspecified atom stereocenters. The third kappa shape index (κ3) is 13.4. The van der Waals surface area contributed by atoms with Gasteiger partial charge in [-0.1, -0.05) is 58.8 Å². The van der Waals surface area contributed by atoms with E-state index in [0.29, 0.717) is 0 Å². The SMILES string of the molecule is CCCCCCCCn1c2ccc(-c3ccc(OCCCCCC)cc3)cc2c2cc(-c3sc(-c4ccc(-c5cc(CCCCCC)c(/C=C(\C#N)C(=O)O)s5)[se]4)cc3CCCCCC)ccc21. The van der Waals surface area contributed by atoms with E-state index in [2.05, 4.69) is 117 Å². The first-order valence-electron chi connectivity index (χ1n) is 25.9. The molecule has 0 fully saturated rings. The van der Waals surface area contributed by atoms with Gasteiger partial charge in [0.1, 0.15) is 5.75 Å². The van der Waals surface area contributed by atoms with E-state index in [1.807, 2.05) is 17.4 Å². The molecule has 7 aromatic rings. The number of nitrogens with zero attached hydrogens (tertiary/aromatic N) is 2. The van der Waals surface area contributed by atoms with Gasteiger partial charge in [-0.15, -0.1) is 0 Å². The predicted octanol–water partition coefficient (Wildman–Crippen LogP) is 18.2. The van der Waals surface area contributed by atoms with Gasteiger partial charge in [0, 0.05) is 0 Å². The van der Waals surface area contributed by atoms with Crippen LogP contribution >= 0.6 is 22.7 Å². The predicted molar refractivity (Wildman–Crippen MR) is 294 cm³/mol. The average Bonchev–Trinajstić information content (AvgIpc) is 4.17. The summed E-state index contributed by atoms with van der Waals surface area (Å²) < 4.78 is 11.4. The molecule has 0 aliphatic rings. The van der Waals surface area contributed by atoms with Crippen LogP contribution in [0.25, 0.3) is 68.1 Å². The average molecular weight is 1010 g/mol. The molecule has 0 saturated carbocycles. The summed E-state index contributed by atoms with van der Waals surface area (Å²) in [5, 5.41) is 21.9. The number of unbranched alkanes of at least 4 members (excludes halogenated alkanes) is 14. The fraction of sp³-hybridized carbons (Fsp3) is 0.433. The Morgan fingerprint density at radius 1 is 0.618 bits per heavy atom. The van der Waals surface area contributed by atoms with Gasteiger partial charge < -0.3 is 4.74 Å². The maximum atomic E-state index is 11.9. The van der Waals surface area contributed by atoms with Crippen molar-refractivity contribution in [3.63, 3.8) is 0 Å². The van der Waals surface area contributed by atoms with Crippen LogP contribution in [0.4, 0.5) is 0 Å². The second kappa shape index (κ2) is 26.4. The van der Waals surface area contributed by atoms with Gasteiger partial charge in [-0.3, -0.25) is 0 Å². The molecule has 0 amide bonds. The number of carboxylic acid groups (broad SMARTS) is 1. The van der Waals surface area contributed by atoms with E-state index in [1.165, 1.54) is 164 Å². The molecule has 0 atom stereocenters. The van der Waals surface area contributed by atoms with Crippen molar-refractivity contribution in [3.8, 4) is 52.0 Å². The van der Waals surface area contributed by atoms with E-state index in [4.69, 9.17) is 4.74 Å². The second-order valence-corrected chi connectivity index (χ2v) is 23.0. The van der Waals surface area contributed by atoms with Crippen LogP contribution in [-0.4, -0.2) is 36.8 Å². The van der Waals surface area contributed by atoms with Crippen LogP contribution in [0.1, 0.15) is 159 Å². The van der Waals surface area contributed by atoms with Gasteiger partial charge in [0.05, 0.1) is 6.61 Å². The Morgan fingerprint density at radius 3 is 1.78 bits per heavy atom. The van der Waals surface area contributed by atoms with E-state index < -0.39 is 5.97 Å². The molecule has 8 heteroatoms. The van der Waals surface area contributed by atoms with Gasteiger partial charge in [0.15, 0.2) is 0 Å². The minimum atomic E-state index is -1.17. The fourth-order valence-corrected chi connectivity index (χ4v) is 14.3. The molecule has 4 aromatic heterocycles. The Balaban J connectivity index is 1.24. The van der Waals surface area contributed by atoms with E-state index in [1.54, 1.807) is 17.4 Å². The number of benzene rings is 3. The number of fused-ring (bicyclic) bond motifs is 3. The van der Waals surface area contributed by atoms with Crippen molar-refractivity contribution >= 4 is 71.0 Å². The molecule has 0 spiro atoms. The van der Waals surface area contributed by atoms with Crippen LogP contribution in [-0.2, 0) is 24.2 Å². The van der Waals surface area contributed by atoms with Crippen molar-refractivity contribution in [2.24, 2.45) is 0 Å². The van der Waals surface area contributed by atoms with Crippen molar-refractivity contribution in [1.82, 2.24) is 4.57 Å². The molecule has 0 aliphatic heterocycles. The number of hydrogen-bond acceptors (Lipinski definition) is 5. The number of ether oxygens (including phenoxy) is 1. The van der Waals surface area contributed by atoms with E-state index in [-0.39, 0.29) is 20.1 Å². The molecular formula is C60H72N2O3S2Se. The Kier molecular flexibility index (Phi) is 19.9. The van der Waals surface area contributed by atoms with Gasteiger partial charge in [-0.2, -0.15) is 0 Å². The van der Waals surface area contributed by atoms with Crippen LogP contribution < -0.4 is 4.74 Å². The molecule has 4 heterocycles. The van der Waals surface area contributed by atoms with Crippen molar-refractivity contribution in [1.29, 1.82) is 5.26 Å². The number of rotatable bonds is 29. The molecule has 5 nitrogen and oxygen atoms in total. The first kappa shape index (κ1) is 51.2. The molecule has 0 radical (unpaired) electrons. The summed E-state index contributed by atoms with van der Waals surface area (Å²) in [6, 6.07) is 34.3. The molecular weight excluding hydrogens is 940 g/mol. The van der Waals surface area contributed by atoms with Crippen molar-refractivity contribution in [2.75, 3.05) is 6.61 Å².